The summed E-state index contributed by atoms with van der Waals surface area (Å²) in [7, 11) is 0. The van der Waals surface area contributed by atoms with Gasteiger partial charge in [-0.05, 0) is 30.2 Å². The number of benzene rings is 2. The Hall–Kier alpha value is -3.82. The summed E-state index contributed by atoms with van der Waals surface area (Å²) >= 11 is 0. The van der Waals surface area contributed by atoms with E-state index in [1.54, 1.807) is 13.0 Å². The molecule has 2 aromatic carbocycles. The van der Waals surface area contributed by atoms with Gasteiger partial charge in [0.2, 0.25) is 11.8 Å². The molecule has 0 aliphatic heterocycles. The van der Waals surface area contributed by atoms with E-state index in [0.29, 0.717) is 11.1 Å². The number of esters is 1. The van der Waals surface area contributed by atoms with E-state index in [0.717, 1.165) is 0 Å². The van der Waals surface area contributed by atoms with Crippen LogP contribution in [0.5, 0.6) is 0 Å². The SMILES string of the molecule is CCOC(=O)C[C@H](c1ccc([N+](=O)[O-])cc1)[C@H](NC(=O)Cc1cccc(F)c1)C(N)=O. The highest BCUT2D eigenvalue weighted by molar-refractivity contribution is 5.89. The third kappa shape index (κ3) is 6.88. The molecule has 2 atom stereocenters. The van der Waals surface area contributed by atoms with Crippen LogP contribution in [0.15, 0.2) is 48.5 Å². The van der Waals surface area contributed by atoms with Crippen LogP contribution in [0.4, 0.5) is 10.1 Å². The van der Waals surface area contributed by atoms with Crippen LogP contribution in [0.25, 0.3) is 0 Å². The number of nitrogens with two attached hydrogens (primary N) is 1. The molecule has 0 aromatic heterocycles. The Bertz CT molecular complexity index is 964. The number of hydrogen-bond acceptors (Lipinski definition) is 6. The normalized spacial score (nSPS) is 12.5. The summed E-state index contributed by atoms with van der Waals surface area (Å²) in [5.41, 5.74) is 6.09. The molecule has 0 saturated carbocycles. The van der Waals surface area contributed by atoms with Crippen LogP contribution >= 0.6 is 0 Å². The fourth-order valence-corrected chi connectivity index (χ4v) is 3.10. The average Bonchev–Trinajstić information content (AvgIpc) is 2.70. The first-order valence-electron chi connectivity index (χ1n) is 9.44. The molecule has 0 unspecified atom stereocenters. The van der Waals surface area contributed by atoms with Crippen molar-refractivity contribution in [2.75, 3.05) is 6.61 Å². The molecule has 2 aromatic rings. The second-order valence-corrected chi connectivity index (χ2v) is 6.72. The third-order valence-electron chi connectivity index (χ3n) is 4.50. The van der Waals surface area contributed by atoms with Gasteiger partial charge in [0.25, 0.3) is 5.69 Å². The van der Waals surface area contributed by atoms with Crippen molar-refractivity contribution in [3.8, 4) is 0 Å². The van der Waals surface area contributed by atoms with Crippen LogP contribution in [-0.4, -0.2) is 35.4 Å². The van der Waals surface area contributed by atoms with Gasteiger partial charge in [0, 0.05) is 18.1 Å². The Labute approximate surface area is 177 Å². The zero-order valence-electron chi connectivity index (χ0n) is 16.7. The molecule has 0 radical (unpaired) electrons. The van der Waals surface area contributed by atoms with Crippen molar-refractivity contribution < 1.29 is 28.4 Å². The molecular weight excluding hydrogens is 409 g/mol. The van der Waals surface area contributed by atoms with Gasteiger partial charge in [-0.15, -0.1) is 0 Å². The lowest BCUT2D eigenvalue weighted by Gasteiger charge is -2.25. The van der Waals surface area contributed by atoms with E-state index < -0.39 is 40.5 Å². The van der Waals surface area contributed by atoms with Crippen molar-refractivity contribution >= 4 is 23.5 Å². The number of nitrogens with one attached hydrogen (secondary N) is 1. The largest absolute Gasteiger partial charge is 0.466 e. The minimum absolute atomic E-state index is 0.110. The molecule has 0 aliphatic carbocycles. The highest BCUT2D eigenvalue weighted by Gasteiger charge is 2.32. The van der Waals surface area contributed by atoms with Crippen LogP contribution in [0.2, 0.25) is 0 Å². The van der Waals surface area contributed by atoms with Crippen molar-refractivity contribution in [1.29, 1.82) is 0 Å². The quantitative estimate of drug-likeness (QED) is 0.335. The van der Waals surface area contributed by atoms with Gasteiger partial charge in [0.1, 0.15) is 11.9 Å². The molecule has 3 N–H and O–H groups in total. The van der Waals surface area contributed by atoms with Gasteiger partial charge in [-0.25, -0.2) is 4.39 Å². The van der Waals surface area contributed by atoms with Gasteiger partial charge in [-0.1, -0.05) is 24.3 Å². The smallest absolute Gasteiger partial charge is 0.306 e. The Morgan fingerprint density at radius 2 is 1.87 bits per heavy atom. The number of carbonyl (C=O) groups excluding carboxylic acids is 3. The van der Waals surface area contributed by atoms with Gasteiger partial charge in [-0.2, -0.15) is 0 Å². The van der Waals surface area contributed by atoms with Gasteiger partial charge < -0.3 is 15.8 Å². The van der Waals surface area contributed by atoms with E-state index >= 15 is 0 Å². The van der Waals surface area contributed by atoms with Gasteiger partial charge in [0.05, 0.1) is 24.4 Å². The number of halogens is 1. The molecule has 0 fully saturated rings. The van der Waals surface area contributed by atoms with Crippen LogP contribution in [0, 0.1) is 15.9 Å². The lowest BCUT2D eigenvalue weighted by molar-refractivity contribution is -0.384. The Morgan fingerprint density at radius 1 is 1.19 bits per heavy atom. The second kappa shape index (κ2) is 10.8. The summed E-state index contributed by atoms with van der Waals surface area (Å²) in [6.45, 7) is 1.73. The fraction of sp³-hybridized carbons (Fsp3) is 0.286. The molecule has 10 heteroatoms. The molecular formula is C21H22FN3O6. The van der Waals surface area contributed by atoms with Crippen LogP contribution in [0.1, 0.15) is 30.4 Å². The Morgan fingerprint density at radius 3 is 2.42 bits per heavy atom. The number of nitro groups is 1. The van der Waals surface area contributed by atoms with E-state index in [-0.39, 0.29) is 25.1 Å². The van der Waals surface area contributed by atoms with E-state index in [2.05, 4.69) is 5.32 Å². The van der Waals surface area contributed by atoms with Crippen LogP contribution < -0.4 is 11.1 Å². The van der Waals surface area contributed by atoms with Gasteiger partial charge in [0.15, 0.2) is 0 Å². The Kier molecular flexibility index (Phi) is 8.18. The first-order chi connectivity index (χ1) is 14.7. The van der Waals surface area contributed by atoms with Crippen LogP contribution in [0.3, 0.4) is 0 Å². The Balaban J connectivity index is 2.29. The number of carbonyl (C=O) groups is 3. The molecule has 9 nitrogen and oxygen atoms in total. The molecule has 31 heavy (non-hydrogen) atoms. The molecule has 0 bridgehead atoms. The minimum Gasteiger partial charge on any atom is -0.466 e. The lowest BCUT2D eigenvalue weighted by Crippen LogP contribution is -2.49. The van der Waals surface area contributed by atoms with E-state index in [9.17, 15) is 28.9 Å². The highest BCUT2D eigenvalue weighted by atomic mass is 19.1. The molecule has 2 amide bonds. The van der Waals surface area contributed by atoms with Crippen molar-refractivity contribution in [1.82, 2.24) is 5.32 Å². The maximum absolute atomic E-state index is 13.4. The summed E-state index contributed by atoms with van der Waals surface area (Å²) in [6.07, 6.45) is -0.507. The molecule has 0 aliphatic rings. The molecule has 2 rings (SSSR count). The predicted octanol–water partition coefficient (Wildman–Crippen LogP) is 1.98. The number of ether oxygens (including phenoxy) is 1. The van der Waals surface area contributed by atoms with Crippen LogP contribution in [-0.2, 0) is 25.5 Å². The summed E-state index contributed by atoms with van der Waals surface area (Å²) < 4.78 is 18.3. The number of hydrogen-bond donors (Lipinski definition) is 2. The fourth-order valence-electron chi connectivity index (χ4n) is 3.10. The van der Waals surface area contributed by atoms with Gasteiger partial charge >= 0.3 is 5.97 Å². The number of amides is 2. The monoisotopic (exact) mass is 431 g/mol. The number of nitrogens with zero attached hydrogens (tertiary/aromatic N) is 1. The zero-order chi connectivity index (χ0) is 23.0. The second-order valence-electron chi connectivity index (χ2n) is 6.72. The number of primary amides is 1. The zero-order valence-corrected chi connectivity index (χ0v) is 16.7. The lowest BCUT2D eigenvalue weighted by atomic mass is 9.87. The number of rotatable bonds is 10. The maximum Gasteiger partial charge on any atom is 0.306 e. The third-order valence-corrected chi connectivity index (χ3v) is 4.50. The van der Waals surface area contributed by atoms with Crippen molar-refractivity contribution in [3.05, 3.63) is 75.6 Å². The van der Waals surface area contributed by atoms with E-state index in [1.807, 2.05) is 0 Å². The summed E-state index contributed by atoms with van der Waals surface area (Å²) in [6, 6.07) is 9.33. The molecule has 0 heterocycles. The van der Waals surface area contributed by atoms with Crippen molar-refractivity contribution in [2.24, 2.45) is 5.73 Å². The topological polar surface area (TPSA) is 142 Å². The van der Waals surface area contributed by atoms with Crippen molar-refractivity contribution in [3.63, 3.8) is 0 Å². The molecule has 0 saturated heterocycles. The molecule has 164 valence electrons. The first-order valence-corrected chi connectivity index (χ1v) is 9.44. The highest BCUT2D eigenvalue weighted by Crippen LogP contribution is 2.26. The maximum atomic E-state index is 13.4. The average molecular weight is 431 g/mol. The number of nitro benzene ring substituents is 1. The standard InChI is InChI=1S/C21H22FN3O6/c1-2-31-19(27)12-17(14-6-8-16(9-7-14)25(29)30)20(21(23)28)24-18(26)11-13-4-3-5-15(22)10-13/h3-10,17,20H,2,11-12H2,1H3,(H2,23,28)(H,24,26)/t17-,20+/m1/s1. The summed E-state index contributed by atoms with van der Waals surface area (Å²) in [4.78, 5) is 47.1. The van der Waals surface area contributed by atoms with E-state index in [4.69, 9.17) is 10.5 Å². The van der Waals surface area contributed by atoms with Gasteiger partial charge in [-0.3, -0.25) is 24.5 Å². The minimum atomic E-state index is -1.30. The summed E-state index contributed by atoms with van der Waals surface area (Å²) in [5, 5.41) is 13.4. The number of non-ortho nitro benzene ring substituents is 1. The van der Waals surface area contributed by atoms with E-state index in [1.165, 1.54) is 42.5 Å². The summed E-state index contributed by atoms with van der Waals surface area (Å²) in [5.74, 6) is -3.57. The van der Waals surface area contributed by atoms with Crippen molar-refractivity contribution in [2.45, 2.75) is 31.7 Å². The first kappa shape index (κ1) is 23.5. The molecule has 0 spiro atoms. The predicted molar refractivity (Wildman–Crippen MR) is 108 cm³/mol.